The van der Waals surface area contributed by atoms with Crippen LogP contribution in [0.5, 0.6) is 0 Å². The van der Waals surface area contributed by atoms with Crippen molar-refractivity contribution >= 4 is 5.91 Å². The number of carbonyl (C=O) groups is 1. The summed E-state index contributed by atoms with van der Waals surface area (Å²) in [5, 5.41) is 121. The predicted octanol–water partition coefficient (Wildman–Crippen LogP) is 10.3. The van der Waals surface area contributed by atoms with Gasteiger partial charge in [-0.15, -0.1) is 0 Å². The van der Waals surface area contributed by atoms with Gasteiger partial charge in [-0.2, -0.15) is 0 Å². The number of hydrogen-bond donors (Lipinski definition) is 12. The highest BCUT2D eigenvalue weighted by atomic mass is 16.8. The number of hydrogen-bond acceptors (Lipinski definition) is 18. The van der Waals surface area contributed by atoms with E-state index in [1.807, 2.05) is 6.08 Å². The quantitative estimate of drug-likeness (QED) is 0.0199. The largest absolute Gasteiger partial charge is 0.394 e. The van der Waals surface area contributed by atoms with Crippen LogP contribution in [0.3, 0.4) is 0 Å². The van der Waals surface area contributed by atoms with E-state index in [1.54, 1.807) is 6.08 Å². The lowest BCUT2D eigenvalue weighted by Gasteiger charge is -2.48. The Balaban J connectivity index is 1.43. The first kappa shape index (κ1) is 84.2. The Bertz CT molecular complexity index is 2010. The average molecular weight is 1320 g/mol. The summed E-state index contributed by atoms with van der Waals surface area (Å²) in [5.74, 6) is -0.286. The van der Waals surface area contributed by atoms with Crippen molar-refractivity contribution < 1.29 is 89.4 Å². The Morgan fingerprint density at radius 1 is 0.398 bits per heavy atom. The minimum atomic E-state index is -1.98. The van der Waals surface area contributed by atoms with Gasteiger partial charge in [0.15, 0.2) is 18.9 Å². The standard InChI is InChI=1S/C74H129NO18/c1-3-5-7-9-11-13-15-17-19-21-23-25-26-27-28-29-30-32-34-36-38-40-42-44-46-48-50-52-62(80)75-57(58(79)51-49-47-45-43-41-39-37-35-33-31-24-22-20-18-16-14-12-10-8-6-4-2)56-88-72-68(86)65(83)70(60(54-77)90-72)93-74-69(87)66(84)71(61(55-78)91-74)92-73-67(85)64(82)63(81)59(53-76)89-73/h5,7,11,13,17,19,23,25,27-28,30,32,49,51,57-61,63-74,76-79,81-87H,3-4,6,8-10,12,14-16,18,20-22,24,26,29,31,33-48,50,52-56H2,1-2H3,(H,75,80)/b7-5-,13-11-,19-17-,25-23-,28-27-,32-30-,51-49+. The van der Waals surface area contributed by atoms with Crippen LogP contribution < -0.4 is 5.32 Å². The Kier molecular flexibility index (Phi) is 49.7. The number of aliphatic hydroxyl groups excluding tert-OH is 11. The van der Waals surface area contributed by atoms with Crippen molar-refractivity contribution in [2.75, 3.05) is 26.4 Å². The first-order chi connectivity index (χ1) is 45.3. The van der Waals surface area contributed by atoms with Crippen molar-refractivity contribution in [2.45, 2.75) is 349 Å². The van der Waals surface area contributed by atoms with E-state index in [0.29, 0.717) is 6.42 Å². The second kappa shape index (κ2) is 54.9. The Hall–Kier alpha value is -3.03. The average Bonchev–Trinajstić information content (AvgIpc) is 0.902. The van der Waals surface area contributed by atoms with Crippen LogP contribution in [0.1, 0.15) is 245 Å². The van der Waals surface area contributed by atoms with Gasteiger partial charge in [-0.3, -0.25) is 4.79 Å². The SMILES string of the molecule is CC/C=C\C/C=C\C/C=C\C/C=C\C/C=C\C/C=C\CCCCCCCCCCC(=O)NC(COC1OC(CO)C(OC2OC(CO)C(OC3OC(CO)C(O)C(O)C3O)C(O)C2O)C(O)C1O)C(O)/C=C/CCCCCCCCCCCCCCCCCCCCC. The lowest BCUT2D eigenvalue weighted by atomic mass is 9.96. The number of carbonyl (C=O) groups excluding carboxylic acids is 1. The van der Waals surface area contributed by atoms with Gasteiger partial charge in [-0.25, -0.2) is 0 Å². The van der Waals surface area contributed by atoms with Crippen LogP contribution in [0.2, 0.25) is 0 Å². The molecule has 17 unspecified atom stereocenters. The topological polar surface area (TPSA) is 307 Å². The summed E-state index contributed by atoms with van der Waals surface area (Å²) >= 11 is 0. The van der Waals surface area contributed by atoms with Crippen molar-refractivity contribution in [3.63, 3.8) is 0 Å². The summed E-state index contributed by atoms with van der Waals surface area (Å²) in [6.45, 7) is 1.62. The number of allylic oxidation sites excluding steroid dienone is 13. The summed E-state index contributed by atoms with van der Waals surface area (Å²) in [6.07, 6.45) is 44.0. The van der Waals surface area contributed by atoms with E-state index in [2.05, 4.69) is 92.1 Å². The molecular weight excluding hydrogens is 1190 g/mol. The molecule has 17 atom stereocenters. The molecule has 3 heterocycles. The molecule has 3 aliphatic rings. The van der Waals surface area contributed by atoms with E-state index in [1.165, 1.54) is 116 Å². The third-order valence-corrected chi connectivity index (χ3v) is 17.7. The smallest absolute Gasteiger partial charge is 0.220 e. The zero-order chi connectivity index (χ0) is 67.5. The monoisotopic (exact) mass is 1320 g/mol. The van der Waals surface area contributed by atoms with E-state index in [4.69, 9.17) is 28.4 Å². The van der Waals surface area contributed by atoms with Gasteiger partial charge >= 0.3 is 0 Å². The zero-order valence-corrected chi connectivity index (χ0v) is 57.0. The van der Waals surface area contributed by atoms with E-state index >= 15 is 0 Å². The van der Waals surface area contributed by atoms with E-state index in [9.17, 15) is 61.0 Å². The van der Waals surface area contributed by atoms with Crippen molar-refractivity contribution in [1.29, 1.82) is 0 Å². The molecule has 1 amide bonds. The lowest BCUT2D eigenvalue weighted by molar-refractivity contribution is -0.379. The minimum Gasteiger partial charge on any atom is -0.394 e. The van der Waals surface area contributed by atoms with Gasteiger partial charge in [0, 0.05) is 6.42 Å². The van der Waals surface area contributed by atoms with Crippen LogP contribution in [-0.4, -0.2) is 193 Å². The highest BCUT2D eigenvalue weighted by molar-refractivity contribution is 5.76. The number of aliphatic hydroxyl groups is 11. The molecule has 0 aliphatic carbocycles. The molecule has 0 aromatic heterocycles. The van der Waals surface area contributed by atoms with Gasteiger partial charge < -0.3 is 89.9 Å². The molecule has 0 radical (unpaired) electrons. The van der Waals surface area contributed by atoms with Gasteiger partial charge in [0.2, 0.25) is 5.91 Å². The molecule has 0 aromatic carbocycles. The molecule has 0 aromatic rings. The summed E-state index contributed by atoms with van der Waals surface area (Å²) in [5.41, 5.74) is 0. The number of rotatable bonds is 55. The van der Waals surface area contributed by atoms with E-state index in [0.717, 1.165) is 103 Å². The number of ether oxygens (including phenoxy) is 6. The van der Waals surface area contributed by atoms with Crippen LogP contribution in [0.15, 0.2) is 85.1 Å². The molecule has 3 aliphatic heterocycles. The summed E-state index contributed by atoms with van der Waals surface area (Å²) in [6, 6.07) is -0.984. The van der Waals surface area contributed by atoms with Gasteiger partial charge in [0.05, 0.1) is 38.6 Å². The second-order valence-corrected chi connectivity index (χ2v) is 25.7. The number of nitrogens with one attached hydrogen (secondary N) is 1. The molecule has 3 rings (SSSR count). The normalized spacial score (nSPS) is 28.0. The predicted molar refractivity (Wildman–Crippen MR) is 364 cm³/mol. The van der Waals surface area contributed by atoms with Crippen LogP contribution in [-0.2, 0) is 33.2 Å². The number of amides is 1. The summed E-state index contributed by atoms with van der Waals surface area (Å²) in [7, 11) is 0. The van der Waals surface area contributed by atoms with E-state index in [-0.39, 0.29) is 18.9 Å². The van der Waals surface area contributed by atoms with Gasteiger partial charge in [0.1, 0.15) is 73.2 Å². The molecule has 0 bridgehead atoms. The molecule has 93 heavy (non-hydrogen) atoms. The zero-order valence-electron chi connectivity index (χ0n) is 57.0. The highest BCUT2D eigenvalue weighted by Gasteiger charge is 2.53. The molecule has 19 heteroatoms. The fraction of sp³-hybridized carbons (Fsp3) is 0.797. The van der Waals surface area contributed by atoms with Crippen molar-refractivity contribution in [1.82, 2.24) is 5.32 Å². The highest BCUT2D eigenvalue weighted by Crippen LogP contribution is 2.33. The first-order valence-electron chi connectivity index (χ1n) is 36.3. The van der Waals surface area contributed by atoms with Gasteiger partial charge in [0.25, 0.3) is 0 Å². The Labute approximate surface area is 559 Å². The molecule has 0 spiro atoms. The maximum Gasteiger partial charge on any atom is 0.220 e. The Morgan fingerprint density at radius 3 is 1.16 bits per heavy atom. The maximum absolute atomic E-state index is 13.4. The van der Waals surface area contributed by atoms with Gasteiger partial charge in [-0.1, -0.05) is 253 Å². The van der Waals surface area contributed by atoms with Crippen LogP contribution in [0.25, 0.3) is 0 Å². The second-order valence-electron chi connectivity index (χ2n) is 25.7. The summed E-state index contributed by atoms with van der Waals surface area (Å²) < 4.78 is 34.4. The Morgan fingerprint density at radius 2 is 0.742 bits per heavy atom. The third kappa shape index (κ3) is 36.4. The van der Waals surface area contributed by atoms with Gasteiger partial charge in [-0.05, 0) is 70.6 Å². The third-order valence-electron chi connectivity index (χ3n) is 17.7. The minimum absolute atomic E-state index is 0.229. The summed E-state index contributed by atoms with van der Waals surface area (Å²) in [4.78, 5) is 13.4. The fourth-order valence-corrected chi connectivity index (χ4v) is 11.8. The molecule has 12 N–H and O–H groups in total. The van der Waals surface area contributed by atoms with Crippen molar-refractivity contribution in [3.05, 3.63) is 85.1 Å². The van der Waals surface area contributed by atoms with Crippen molar-refractivity contribution in [2.24, 2.45) is 0 Å². The fourth-order valence-electron chi connectivity index (χ4n) is 11.8. The molecular formula is C74H129NO18. The molecule has 538 valence electrons. The van der Waals surface area contributed by atoms with Crippen LogP contribution in [0.4, 0.5) is 0 Å². The molecule has 3 saturated heterocycles. The van der Waals surface area contributed by atoms with Crippen molar-refractivity contribution in [3.8, 4) is 0 Å². The van der Waals surface area contributed by atoms with Crippen LogP contribution in [0, 0.1) is 0 Å². The van der Waals surface area contributed by atoms with E-state index < -0.39 is 124 Å². The van der Waals surface area contributed by atoms with Crippen LogP contribution >= 0.6 is 0 Å². The molecule has 0 saturated carbocycles. The molecule has 19 nitrogen and oxygen atoms in total. The maximum atomic E-state index is 13.4. The molecule has 3 fully saturated rings. The first-order valence-corrected chi connectivity index (χ1v) is 36.3. The number of unbranched alkanes of at least 4 members (excludes halogenated alkanes) is 27. The lowest BCUT2D eigenvalue weighted by Crippen LogP contribution is -2.66.